The number of nitrogens with zero attached hydrogens (tertiary/aromatic N) is 2. The number of nitriles is 2. The number of carbonyl (C=O) groups excluding carboxylic acids is 2. The molecule has 12 heteroatoms. The third-order valence-electron chi connectivity index (χ3n) is 9.27. The molecule has 4 aromatic rings. The van der Waals surface area contributed by atoms with Gasteiger partial charge in [0.25, 0.3) is 11.8 Å². The summed E-state index contributed by atoms with van der Waals surface area (Å²) >= 11 is 0. The molecule has 2 aromatic carbocycles. The molecule has 2 saturated carbocycles. The molecule has 0 bridgehead atoms. The van der Waals surface area contributed by atoms with Gasteiger partial charge in [-0.25, -0.2) is 9.59 Å². The van der Waals surface area contributed by atoms with Gasteiger partial charge in [0, 0.05) is 12.1 Å². The van der Waals surface area contributed by atoms with Crippen LogP contribution in [0.25, 0.3) is 34.4 Å². The highest BCUT2D eigenvalue weighted by Crippen LogP contribution is 2.35. The second-order valence-corrected chi connectivity index (χ2v) is 12.5. The van der Waals surface area contributed by atoms with E-state index in [0.29, 0.717) is 45.2 Å². The number of nitrogens with one attached hydrogen (secondary N) is 4. The molecule has 0 aliphatic heterocycles. The van der Waals surface area contributed by atoms with Crippen LogP contribution in [0.3, 0.4) is 0 Å². The summed E-state index contributed by atoms with van der Waals surface area (Å²) in [5.74, 6) is -0.777. The molecule has 12 nitrogen and oxygen atoms in total. The standard InChI is InChI=1S/C35H34N6O6/c36-18-24(14-22-5-11-30-28(16-22)40-34(44)46-30)32(42)38-26-7-1-20(2-8-26)13-21-3-9-27(10-4-21)39-33(43)25(19-37)15-23-6-12-31-29(17-23)41-35(45)47-31/h5-6,11-12,14-17,20-21,26-27H,1-4,7-10,13H2,(H,38,42)(H,39,43)(H,40,44)(H,41,45)/b24-14+,25-15+. The lowest BCUT2D eigenvalue weighted by molar-refractivity contribution is -0.118. The molecule has 2 amide bonds. The van der Waals surface area contributed by atoms with Gasteiger partial charge in [0.05, 0.1) is 11.0 Å². The van der Waals surface area contributed by atoms with E-state index >= 15 is 0 Å². The first-order valence-corrected chi connectivity index (χ1v) is 15.9. The fourth-order valence-electron chi connectivity index (χ4n) is 6.83. The second-order valence-electron chi connectivity index (χ2n) is 12.5. The van der Waals surface area contributed by atoms with Crippen LogP contribution >= 0.6 is 0 Å². The first kappa shape index (κ1) is 31.4. The van der Waals surface area contributed by atoms with E-state index < -0.39 is 23.3 Å². The van der Waals surface area contributed by atoms with E-state index in [4.69, 9.17) is 8.83 Å². The fraction of sp³-hybridized carbons (Fsp3) is 0.371. The van der Waals surface area contributed by atoms with Crippen molar-refractivity contribution in [2.75, 3.05) is 0 Å². The van der Waals surface area contributed by atoms with E-state index in [1.54, 1.807) is 36.4 Å². The van der Waals surface area contributed by atoms with Gasteiger partial charge in [0.2, 0.25) is 0 Å². The van der Waals surface area contributed by atoms with E-state index in [-0.39, 0.29) is 23.2 Å². The molecule has 2 fully saturated rings. The summed E-state index contributed by atoms with van der Waals surface area (Å²) in [6, 6.07) is 14.0. The van der Waals surface area contributed by atoms with E-state index in [0.717, 1.165) is 57.8 Å². The van der Waals surface area contributed by atoms with Crippen LogP contribution in [-0.2, 0) is 9.59 Å². The summed E-state index contributed by atoms with van der Waals surface area (Å²) in [4.78, 5) is 53.7. The monoisotopic (exact) mass is 634 g/mol. The van der Waals surface area contributed by atoms with Crippen molar-refractivity contribution in [3.8, 4) is 12.1 Å². The maximum Gasteiger partial charge on any atom is 0.417 e. The quantitative estimate of drug-likeness (QED) is 0.156. The van der Waals surface area contributed by atoms with Crippen molar-refractivity contribution in [1.82, 2.24) is 20.6 Å². The maximum atomic E-state index is 12.9. The average molecular weight is 635 g/mol. The van der Waals surface area contributed by atoms with Gasteiger partial charge < -0.3 is 19.5 Å². The molecule has 0 atom stereocenters. The number of hydrogen-bond donors (Lipinski definition) is 4. The van der Waals surface area contributed by atoms with Gasteiger partial charge in [-0.2, -0.15) is 10.5 Å². The van der Waals surface area contributed by atoms with Crippen molar-refractivity contribution in [2.45, 2.75) is 69.9 Å². The number of aromatic nitrogens is 2. The first-order chi connectivity index (χ1) is 22.8. The van der Waals surface area contributed by atoms with Gasteiger partial charge in [-0.05, 0) is 117 Å². The number of H-pyrrole nitrogens is 2. The summed E-state index contributed by atoms with van der Waals surface area (Å²) in [6.45, 7) is 0. The number of oxazole rings is 2. The lowest BCUT2D eigenvalue weighted by atomic mass is 9.75. The van der Waals surface area contributed by atoms with Crippen LogP contribution in [-0.4, -0.2) is 33.9 Å². The molecule has 0 radical (unpaired) electrons. The van der Waals surface area contributed by atoms with Crippen LogP contribution in [0.5, 0.6) is 0 Å². The highest BCUT2D eigenvalue weighted by Gasteiger charge is 2.29. The Balaban J connectivity index is 0.935. The average Bonchev–Trinajstić information content (AvgIpc) is 3.63. The van der Waals surface area contributed by atoms with E-state index in [1.165, 1.54) is 12.2 Å². The zero-order valence-electron chi connectivity index (χ0n) is 25.6. The molecular formula is C35H34N6O6. The number of aromatic amines is 2. The number of hydrogen-bond acceptors (Lipinski definition) is 8. The van der Waals surface area contributed by atoms with Gasteiger partial charge >= 0.3 is 11.5 Å². The number of amides is 2. The smallest absolute Gasteiger partial charge is 0.408 e. The Hall–Kier alpha value is -5.62. The highest BCUT2D eigenvalue weighted by atomic mass is 16.4. The summed E-state index contributed by atoms with van der Waals surface area (Å²) in [7, 11) is 0. The summed E-state index contributed by atoms with van der Waals surface area (Å²) in [5, 5.41) is 25.3. The number of fused-ring (bicyclic) bond motifs is 2. The van der Waals surface area contributed by atoms with Crippen molar-refractivity contribution in [3.63, 3.8) is 0 Å². The maximum absolute atomic E-state index is 12.9. The van der Waals surface area contributed by atoms with Crippen molar-refractivity contribution in [2.24, 2.45) is 11.8 Å². The van der Waals surface area contributed by atoms with Crippen LogP contribution in [0.1, 0.15) is 68.9 Å². The zero-order valence-corrected chi connectivity index (χ0v) is 25.6. The third-order valence-corrected chi connectivity index (χ3v) is 9.27. The number of carbonyl (C=O) groups is 2. The predicted octanol–water partition coefficient (Wildman–Crippen LogP) is 4.81. The summed E-state index contributed by atoms with van der Waals surface area (Å²) in [6.07, 6.45) is 11.6. The highest BCUT2D eigenvalue weighted by molar-refractivity contribution is 6.02. The number of benzene rings is 2. The third kappa shape index (κ3) is 7.61. The minimum Gasteiger partial charge on any atom is -0.408 e. The second kappa shape index (κ2) is 13.8. The molecule has 2 heterocycles. The zero-order chi connectivity index (χ0) is 32.9. The van der Waals surface area contributed by atoms with Gasteiger partial charge in [-0.15, -0.1) is 0 Å². The summed E-state index contributed by atoms with van der Waals surface area (Å²) in [5.41, 5.74) is 3.06. The normalized spacial score (nSPS) is 22.0. The Morgan fingerprint density at radius 3 is 1.49 bits per heavy atom. The number of rotatable bonds is 8. The Morgan fingerprint density at radius 2 is 1.11 bits per heavy atom. The van der Waals surface area contributed by atoms with Gasteiger partial charge in [0.15, 0.2) is 11.2 Å². The van der Waals surface area contributed by atoms with Crippen molar-refractivity contribution < 1.29 is 18.4 Å². The molecule has 0 spiro atoms. The van der Waals surface area contributed by atoms with Crippen LogP contribution in [0.15, 0.2) is 66.0 Å². The molecule has 0 saturated heterocycles. The van der Waals surface area contributed by atoms with Crippen molar-refractivity contribution in [3.05, 3.63) is 79.8 Å². The Bertz CT molecular complexity index is 1920. The van der Waals surface area contributed by atoms with Crippen LogP contribution in [0.4, 0.5) is 0 Å². The first-order valence-electron chi connectivity index (χ1n) is 15.9. The molecule has 2 aliphatic carbocycles. The Morgan fingerprint density at radius 1 is 0.702 bits per heavy atom. The van der Waals surface area contributed by atoms with Crippen molar-refractivity contribution >= 4 is 46.2 Å². The lowest BCUT2D eigenvalue weighted by Gasteiger charge is -2.34. The van der Waals surface area contributed by atoms with Crippen LogP contribution in [0.2, 0.25) is 0 Å². The van der Waals surface area contributed by atoms with Crippen LogP contribution < -0.4 is 22.1 Å². The molecule has 240 valence electrons. The van der Waals surface area contributed by atoms with Crippen molar-refractivity contribution in [1.29, 1.82) is 10.5 Å². The summed E-state index contributed by atoms with van der Waals surface area (Å²) < 4.78 is 10.0. The molecule has 4 N–H and O–H groups in total. The topological polar surface area (TPSA) is 198 Å². The molecule has 47 heavy (non-hydrogen) atoms. The van der Waals surface area contributed by atoms with Gasteiger partial charge in [-0.3, -0.25) is 19.6 Å². The van der Waals surface area contributed by atoms with Gasteiger partial charge in [-0.1, -0.05) is 12.1 Å². The minimum absolute atomic E-state index is 0.00636. The fourth-order valence-corrected chi connectivity index (χ4v) is 6.83. The molecule has 6 rings (SSSR count). The predicted molar refractivity (Wildman–Crippen MR) is 173 cm³/mol. The molecule has 0 unspecified atom stereocenters. The largest absolute Gasteiger partial charge is 0.417 e. The Kier molecular flexibility index (Phi) is 9.20. The van der Waals surface area contributed by atoms with Gasteiger partial charge in [0.1, 0.15) is 23.3 Å². The van der Waals surface area contributed by atoms with E-state index in [1.807, 2.05) is 12.1 Å². The molecule has 2 aromatic heterocycles. The van der Waals surface area contributed by atoms with Crippen LogP contribution in [0, 0.1) is 34.5 Å². The lowest BCUT2D eigenvalue weighted by Crippen LogP contribution is -2.39. The molecular weight excluding hydrogens is 600 g/mol. The SMILES string of the molecule is N#C/C(=C\c1ccc2oc(=O)[nH]c2c1)C(=O)NC1CCC(CC2CCC(NC(=O)/C(C#N)=C/c3ccc4oc(=O)[nH]c4c3)CC2)CC1. The van der Waals surface area contributed by atoms with E-state index in [9.17, 15) is 29.7 Å². The minimum atomic E-state index is -0.561. The van der Waals surface area contributed by atoms with E-state index in [2.05, 4.69) is 20.6 Å². The molecule has 2 aliphatic rings. The Labute approximate surface area is 269 Å².